The molecule has 1 aromatic heterocycles. The molecule has 1 heterocycles. The fourth-order valence-corrected chi connectivity index (χ4v) is 1.44. The van der Waals surface area contributed by atoms with Crippen molar-refractivity contribution in [2.24, 2.45) is 0 Å². The van der Waals surface area contributed by atoms with E-state index in [1.54, 1.807) is 23.0 Å². The zero-order valence-corrected chi connectivity index (χ0v) is 10.7. The van der Waals surface area contributed by atoms with Gasteiger partial charge in [-0.15, -0.1) is 0 Å². The van der Waals surface area contributed by atoms with E-state index in [-0.39, 0.29) is 11.9 Å². The van der Waals surface area contributed by atoms with E-state index >= 15 is 0 Å². The van der Waals surface area contributed by atoms with Gasteiger partial charge in [0.05, 0.1) is 13.7 Å². The summed E-state index contributed by atoms with van der Waals surface area (Å²) in [4.78, 5) is 28.0. The molecule has 0 spiro atoms. The Morgan fingerprint density at radius 2 is 2.17 bits per heavy atom. The van der Waals surface area contributed by atoms with Crippen LogP contribution in [0, 0.1) is 0 Å². The fraction of sp³-hybridized carbons (Fsp3) is 0.636. The molecular weight excluding hydrogens is 236 g/mol. The highest BCUT2D eigenvalue weighted by Crippen LogP contribution is 1.98. The molecule has 18 heavy (non-hydrogen) atoms. The van der Waals surface area contributed by atoms with E-state index in [0.717, 1.165) is 0 Å². The molecule has 0 saturated heterocycles. The lowest BCUT2D eigenvalue weighted by atomic mass is 10.3. The number of methoxy groups -OCH3 is 1. The first-order valence-electron chi connectivity index (χ1n) is 5.76. The SMILES string of the molecule is COC(=O)CCCN(C)C(=O)CCn1cncn1. The van der Waals surface area contributed by atoms with Crippen LogP contribution in [0.1, 0.15) is 19.3 Å². The van der Waals surface area contributed by atoms with Crippen molar-refractivity contribution in [2.75, 3.05) is 20.7 Å². The van der Waals surface area contributed by atoms with Gasteiger partial charge in [0.2, 0.25) is 5.91 Å². The van der Waals surface area contributed by atoms with Gasteiger partial charge in [-0.25, -0.2) is 4.98 Å². The monoisotopic (exact) mass is 254 g/mol. The standard InChI is InChI=1S/C11H18N4O3/c1-14(6-3-4-11(17)18-2)10(16)5-7-15-9-12-8-13-15/h8-9H,3-7H2,1-2H3. The lowest BCUT2D eigenvalue weighted by Crippen LogP contribution is -2.29. The van der Waals surface area contributed by atoms with Gasteiger partial charge in [0, 0.05) is 26.4 Å². The lowest BCUT2D eigenvalue weighted by molar-refractivity contribution is -0.141. The van der Waals surface area contributed by atoms with E-state index < -0.39 is 0 Å². The second-order valence-electron chi connectivity index (χ2n) is 3.90. The maximum absolute atomic E-state index is 11.7. The molecule has 1 rings (SSSR count). The Hall–Kier alpha value is -1.92. The third kappa shape index (κ3) is 4.94. The van der Waals surface area contributed by atoms with Crippen molar-refractivity contribution in [3.8, 4) is 0 Å². The van der Waals surface area contributed by atoms with Gasteiger partial charge in [-0.05, 0) is 6.42 Å². The average molecular weight is 254 g/mol. The molecule has 0 radical (unpaired) electrons. The molecule has 0 bridgehead atoms. The Balaban J connectivity index is 2.18. The van der Waals surface area contributed by atoms with Gasteiger partial charge in [0.1, 0.15) is 12.7 Å². The third-order valence-electron chi connectivity index (χ3n) is 2.55. The van der Waals surface area contributed by atoms with E-state index in [0.29, 0.717) is 32.4 Å². The number of aromatic nitrogens is 3. The minimum absolute atomic E-state index is 0.0235. The number of hydrogen-bond donors (Lipinski definition) is 0. The molecule has 0 aliphatic carbocycles. The molecular formula is C11H18N4O3. The first kappa shape index (κ1) is 14.1. The largest absolute Gasteiger partial charge is 0.469 e. The van der Waals surface area contributed by atoms with Crippen LogP contribution in [0.5, 0.6) is 0 Å². The molecule has 100 valence electrons. The number of nitrogens with zero attached hydrogens (tertiary/aromatic N) is 4. The highest BCUT2D eigenvalue weighted by atomic mass is 16.5. The van der Waals surface area contributed by atoms with Crippen LogP contribution in [0.3, 0.4) is 0 Å². The van der Waals surface area contributed by atoms with Crippen LogP contribution in [-0.2, 0) is 20.9 Å². The summed E-state index contributed by atoms with van der Waals surface area (Å²) in [6, 6.07) is 0. The minimum Gasteiger partial charge on any atom is -0.469 e. The normalized spacial score (nSPS) is 10.1. The summed E-state index contributed by atoms with van der Waals surface area (Å²) in [6.45, 7) is 1.06. The number of amides is 1. The minimum atomic E-state index is -0.251. The maximum atomic E-state index is 11.7. The summed E-state index contributed by atoms with van der Waals surface area (Å²) in [5.41, 5.74) is 0. The van der Waals surface area contributed by atoms with Crippen LogP contribution < -0.4 is 0 Å². The molecule has 0 unspecified atom stereocenters. The van der Waals surface area contributed by atoms with Crippen LogP contribution in [0.15, 0.2) is 12.7 Å². The van der Waals surface area contributed by atoms with Crippen molar-refractivity contribution in [1.82, 2.24) is 19.7 Å². The number of esters is 1. The van der Waals surface area contributed by atoms with Gasteiger partial charge in [0.15, 0.2) is 0 Å². The lowest BCUT2D eigenvalue weighted by Gasteiger charge is -2.16. The van der Waals surface area contributed by atoms with Gasteiger partial charge in [0.25, 0.3) is 0 Å². The number of carbonyl (C=O) groups excluding carboxylic acids is 2. The summed E-state index contributed by atoms with van der Waals surface area (Å²) >= 11 is 0. The van der Waals surface area contributed by atoms with Gasteiger partial charge >= 0.3 is 5.97 Å². The predicted molar refractivity (Wildman–Crippen MR) is 63.5 cm³/mol. The van der Waals surface area contributed by atoms with Gasteiger partial charge in [-0.2, -0.15) is 5.10 Å². The number of rotatable bonds is 7. The fourth-order valence-electron chi connectivity index (χ4n) is 1.44. The maximum Gasteiger partial charge on any atom is 0.305 e. The molecule has 0 aliphatic heterocycles. The van der Waals surface area contributed by atoms with Crippen molar-refractivity contribution >= 4 is 11.9 Å². The Bertz CT molecular complexity index is 378. The van der Waals surface area contributed by atoms with Crippen LogP contribution in [0.4, 0.5) is 0 Å². The van der Waals surface area contributed by atoms with Gasteiger partial charge in [-0.3, -0.25) is 14.3 Å². The summed E-state index contributed by atoms with van der Waals surface area (Å²) in [7, 11) is 3.08. The van der Waals surface area contributed by atoms with Crippen molar-refractivity contribution in [3.63, 3.8) is 0 Å². The number of aryl methyl sites for hydroxylation is 1. The summed E-state index contributed by atoms with van der Waals surface area (Å²) in [5, 5.41) is 3.92. The quantitative estimate of drug-likeness (QED) is 0.644. The van der Waals surface area contributed by atoms with Gasteiger partial charge in [-0.1, -0.05) is 0 Å². The molecule has 1 amide bonds. The molecule has 7 heteroatoms. The Morgan fingerprint density at radius 1 is 1.39 bits per heavy atom. The summed E-state index contributed by atoms with van der Waals surface area (Å²) in [5.74, 6) is -0.228. The van der Waals surface area contributed by atoms with E-state index in [1.165, 1.54) is 13.4 Å². The second kappa shape index (κ2) is 7.41. The average Bonchev–Trinajstić information content (AvgIpc) is 2.88. The Kier molecular flexibility index (Phi) is 5.83. The zero-order valence-electron chi connectivity index (χ0n) is 10.7. The molecule has 0 atom stereocenters. The molecule has 0 fully saturated rings. The van der Waals surface area contributed by atoms with Crippen LogP contribution in [-0.4, -0.2) is 52.2 Å². The molecule has 7 nitrogen and oxygen atoms in total. The molecule has 0 aromatic carbocycles. The molecule has 0 aliphatic rings. The first-order chi connectivity index (χ1) is 8.63. The van der Waals surface area contributed by atoms with Crippen LogP contribution >= 0.6 is 0 Å². The first-order valence-corrected chi connectivity index (χ1v) is 5.76. The molecule has 1 aromatic rings. The van der Waals surface area contributed by atoms with E-state index in [1.807, 2.05) is 0 Å². The number of ether oxygens (including phenoxy) is 1. The van der Waals surface area contributed by atoms with E-state index in [2.05, 4.69) is 14.8 Å². The van der Waals surface area contributed by atoms with Crippen molar-refractivity contribution < 1.29 is 14.3 Å². The predicted octanol–water partition coefficient (Wildman–Crippen LogP) is 0.0798. The van der Waals surface area contributed by atoms with Gasteiger partial charge < -0.3 is 9.64 Å². The highest BCUT2D eigenvalue weighted by Gasteiger charge is 2.09. The van der Waals surface area contributed by atoms with Crippen LogP contribution in [0.25, 0.3) is 0 Å². The van der Waals surface area contributed by atoms with Crippen molar-refractivity contribution in [2.45, 2.75) is 25.8 Å². The van der Waals surface area contributed by atoms with E-state index in [4.69, 9.17) is 0 Å². The van der Waals surface area contributed by atoms with Crippen molar-refractivity contribution in [3.05, 3.63) is 12.7 Å². The zero-order chi connectivity index (χ0) is 13.4. The number of hydrogen-bond acceptors (Lipinski definition) is 5. The summed E-state index contributed by atoms with van der Waals surface area (Å²) < 4.78 is 6.14. The Morgan fingerprint density at radius 3 is 2.78 bits per heavy atom. The molecule has 0 N–H and O–H groups in total. The molecule has 0 saturated carbocycles. The third-order valence-corrected chi connectivity index (χ3v) is 2.55. The highest BCUT2D eigenvalue weighted by molar-refractivity contribution is 5.75. The Labute approximate surface area is 106 Å². The smallest absolute Gasteiger partial charge is 0.305 e. The topological polar surface area (TPSA) is 77.3 Å². The van der Waals surface area contributed by atoms with Crippen molar-refractivity contribution in [1.29, 1.82) is 0 Å². The summed E-state index contributed by atoms with van der Waals surface area (Å²) in [6.07, 6.45) is 4.32. The van der Waals surface area contributed by atoms with Crippen LogP contribution in [0.2, 0.25) is 0 Å². The number of carbonyl (C=O) groups is 2. The van der Waals surface area contributed by atoms with E-state index in [9.17, 15) is 9.59 Å². The second-order valence-corrected chi connectivity index (χ2v) is 3.90.